The third-order valence-corrected chi connectivity index (χ3v) is 9.16. The molecular formula is C22H27FN2O3S2. The fourth-order valence-corrected chi connectivity index (χ4v) is 6.42. The van der Waals surface area contributed by atoms with Gasteiger partial charge in [0, 0.05) is 36.3 Å². The Morgan fingerprint density at radius 2 is 1.93 bits per heavy atom. The molecule has 162 valence electrons. The van der Waals surface area contributed by atoms with E-state index in [0.29, 0.717) is 23.0 Å². The zero-order valence-corrected chi connectivity index (χ0v) is 18.9. The Morgan fingerprint density at radius 1 is 1.17 bits per heavy atom. The Morgan fingerprint density at radius 3 is 2.57 bits per heavy atom. The number of amides is 1. The lowest BCUT2D eigenvalue weighted by Gasteiger charge is -2.31. The molecule has 0 spiro atoms. The van der Waals surface area contributed by atoms with Crippen molar-refractivity contribution < 1.29 is 17.6 Å². The third kappa shape index (κ3) is 4.31. The van der Waals surface area contributed by atoms with E-state index in [9.17, 15) is 17.6 Å². The van der Waals surface area contributed by atoms with E-state index < -0.39 is 15.7 Å². The number of thiophene rings is 1. The zero-order chi connectivity index (χ0) is 21.5. The maximum Gasteiger partial charge on any atom is 0.257 e. The first-order valence-corrected chi connectivity index (χ1v) is 13.1. The first-order chi connectivity index (χ1) is 14.2. The molecule has 0 aliphatic carbocycles. The number of likely N-dealkylation sites (tertiary alicyclic amines) is 2. The highest BCUT2D eigenvalue weighted by atomic mass is 32.2. The van der Waals surface area contributed by atoms with Crippen LogP contribution in [0.5, 0.6) is 0 Å². The van der Waals surface area contributed by atoms with Gasteiger partial charge in [0.15, 0.2) is 9.84 Å². The van der Waals surface area contributed by atoms with E-state index in [-0.39, 0.29) is 21.7 Å². The van der Waals surface area contributed by atoms with Crippen molar-refractivity contribution in [2.75, 3.05) is 25.9 Å². The molecule has 2 aliphatic rings. The van der Waals surface area contributed by atoms with Crippen molar-refractivity contribution in [1.82, 2.24) is 9.80 Å². The van der Waals surface area contributed by atoms with Gasteiger partial charge in [0.05, 0.1) is 5.56 Å². The van der Waals surface area contributed by atoms with Gasteiger partial charge in [0.2, 0.25) is 0 Å². The Bertz CT molecular complexity index is 1050. The maximum absolute atomic E-state index is 14.9. The number of hydrogen-bond donors (Lipinski definition) is 0. The predicted octanol–water partition coefficient (Wildman–Crippen LogP) is 4.05. The van der Waals surface area contributed by atoms with E-state index in [1.165, 1.54) is 31.0 Å². The van der Waals surface area contributed by atoms with Gasteiger partial charge in [-0.25, -0.2) is 12.8 Å². The van der Waals surface area contributed by atoms with Gasteiger partial charge in [-0.1, -0.05) is 6.07 Å². The lowest BCUT2D eigenvalue weighted by molar-refractivity contribution is 0.0692. The molecule has 0 N–H and O–H groups in total. The van der Waals surface area contributed by atoms with Gasteiger partial charge in [0.25, 0.3) is 5.91 Å². The van der Waals surface area contributed by atoms with Gasteiger partial charge in [-0.05, 0) is 69.0 Å². The van der Waals surface area contributed by atoms with Crippen molar-refractivity contribution in [2.24, 2.45) is 0 Å². The molecule has 1 aromatic heterocycles. The second-order valence-corrected chi connectivity index (χ2v) is 11.7. The molecule has 2 saturated heterocycles. The smallest absolute Gasteiger partial charge is 0.257 e. The molecule has 1 aromatic carbocycles. The number of benzene rings is 1. The van der Waals surface area contributed by atoms with E-state index in [4.69, 9.17) is 0 Å². The van der Waals surface area contributed by atoms with Gasteiger partial charge in [-0.15, -0.1) is 11.3 Å². The SMILES string of the molecule is C[C@H]1CCCN1CC1CCCN1C(=O)c1ccc(-c2ccc(S(C)(=O)=O)s2)cc1F. The van der Waals surface area contributed by atoms with Gasteiger partial charge in [-0.2, -0.15) is 0 Å². The van der Waals surface area contributed by atoms with Crippen LogP contribution < -0.4 is 0 Å². The number of sulfone groups is 1. The standard InChI is InChI=1S/C22H27FN2O3S2/c1-15-5-3-11-24(15)14-17-6-4-12-25(17)22(26)18-8-7-16(13-19(18)23)20-9-10-21(29-20)30(2,27)28/h7-10,13,15,17H,3-6,11-12,14H2,1-2H3/t15-,17?/m0/s1. The molecule has 2 fully saturated rings. The van der Waals surface area contributed by atoms with Gasteiger partial charge >= 0.3 is 0 Å². The van der Waals surface area contributed by atoms with Crippen molar-refractivity contribution in [3.05, 3.63) is 41.7 Å². The second kappa shape index (κ2) is 8.40. The van der Waals surface area contributed by atoms with Gasteiger partial charge in [0.1, 0.15) is 10.0 Å². The normalized spacial score (nSPS) is 22.7. The number of carbonyl (C=O) groups excluding carboxylic acids is 1. The van der Waals surface area contributed by atoms with E-state index in [2.05, 4.69) is 11.8 Å². The highest BCUT2D eigenvalue weighted by Crippen LogP contribution is 2.32. The maximum atomic E-state index is 14.9. The molecule has 30 heavy (non-hydrogen) atoms. The minimum Gasteiger partial charge on any atom is -0.334 e. The van der Waals surface area contributed by atoms with E-state index in [1.54, 1.807) is 12.1 Å². The molecule has 0 radical (unpaired) electrons. The summed E-state index contributed by atoms with van der Waals surface area (Å²) in [7, 11) is -3.29. The van der Waals surface area contributed by atoms with Crippen LogP contribution in [0.4, 0.5) is 4.39 Å². The first-order valence-electron chi connectivity index (χ1n) is 10.4. The van der Waals surface area contributed by atoms with Crippen molar-refractivity contribution >= 4 is 27.1 Å². The van der Waals surface area contributed by atoms with Crippen LogP contribution in [0.1, 0.15) is 43.0 Å². The third-order valence-electron chi connectivity index (χ3n) is 6.20. The molecule has 1 unspecified atom stereocenters. The van der Waals surface area contributed by atoms with Crippen molar-refractivity contribution in [1.29, 1.82) is 0 Å². The minimum atomic E-state index is -3.29. The van der Waals surface area contributed by atoms with Crippen LogP contribution in [0.15, 0.2) is 34.5 Å². The van der Waals surface area contributed by atoms with E-state index in [1.807, 2.05) is 4.90 Å². The highest BCUT2D eigenvalue weighted by Gasteiger charge is 2.33. The Labute approximate surface area is 181 Å². The summed E-state index contributed by atoms with van der Waals surface area (Å²) in [6.45, 7) is 4.82. The first kappa shape index (κ1) is 21.5. The van der Waals surface area contributed by atoms with Crippen molar-refractivity contribution in [3.63, 3.8) is 0 Å². The average molecular weight is 451 g/mol. The van der Waals surface area contributed by atoms with Crippen molar-refractivity contribution in [3.8, 4) is 10.4 Å². The summed E-state index contributed by atoms with van der Waals surface area (Å²) in [5, 5.41) is 0. The number of halogens is 1. The number of rotatable bonds is 5. The lowest BCUT2D eigenvalue weighted by Crippen LogP contribution is -2.44. The van der Waals surface area contributed by atoms with Crippen LogP contribution in [0.2, 0.25) is 0 Å². The largest absolute Gasteiger partial charge is 0.334 e. The molecule has 2 atom stereocenters. The van der Waals surface area contributed by atoms with Gasteiger partial charge in [-0.3, -0.25) is 9.69 Å². The molecule has 1 amide bonds. The van der Waals surface area contributed by atoms with E-state index >= 15 is 0 Å². The van der Waals surface area contributed by atoms with Crippen LogP contribution in [-0.4, -0.2) is 62.1 Å². The molecule has 2 aromatic rings. The molecular weight excluding hydrogens is 423 g/mol. The molecule has 2 aliphatic heterocycles. The average Bonchev–Trinajstić information content (AvgIpc) is 3.42. The summed E-state index contributed by atoms with van der Waals surface area (Å²) in [5.74, 6) is -0.816. The van der Waals surface area contributed by atoms with Crippen LogP contribution >= 0.6 is 11.3 Å². The fourth-order valence-electron chi connectivity index (χ4n) is 4.50. The summed E-state index contributed by atoms with van der Waals surface area (Å²) in [6.07, 6.45) is 5.45. The molecule has 8 heteroatoms. The van der Waals surface area contributed by atoms with Gasteiger partial charge < -0.3 is 4.90 Å². The highest BCUT2D eigenvalue weighted by molar-refractivity contribution is 7.92. The summed E-state index contributed by atoms with van der Waals surface area (Å²) in [6, 6.07) is 8.43. The summed E-state index contributed by atoms with van der Waals surface area (Å²) < 4.78 is 38.5. The summed E-state index contributed by atoms with van der Waals surface area (Å²) in [5.41, 5.74) is 0.660. The predicted molar refractivity (Wildman–Crippen MR) is 117 cm³/mol. The monoisotopic (exact) mass is 450 g/mol. The number of carbonyl (C=O) groups is 1. The number of hydrogen-bond acceptors (Lipinski definition) is 5. The quantitative estimate of drug-likeness (QED) is 0.690. The second-order valence-electron chi connectivity index (χ2n) is 8.37. The fraction of sp³-hybridized carbons (Fsp3) is 0.500. The number of nitrogens with zero attached hydrogens (tertiary/aromatic N) is 2. The Hall–Kier alpha value is -1.77. The Balaban J connectivity index is 1.52. The van der Waals surface area contributed by atoms with Crippen LogP contribution in [0.3, 0.4) is 0 Å². The van der Waals surface area contributed by atoms with E-state index in [0.717, 1.165) is 43.5 Å². The zero-order valence-electron chi connectivity index (χ0n) is 17.3. The molecule has 0 saturated carbocycles. The summed E-state index contributed by atoms with van der Waals surface area (Å²) in [4.78, 5) is 18.0. The molecule has 5 nitrogen and oxygen atoms in total. The molecule has 0 bridgehead atoms. The molecule has 3 heterocycles. The van der Waals surface area contributed by atoms with Crippen LogP contribution in [0.25, 0.3) is 10.4 Å². The van der Waals surface area contributed by atoms with Crippen molar-refractivity contribution in [2.45, 2.75) is 48.9 Å². The Kier molecular flexibility index (Phi) is 6.01. The lowest BCUT2D eigenvalue weighted by atomic mass is 10.1. The summed E-state index contributed by atoms with van der Waals surface area (Å²) >= 11 is 1.10. The minimum absolute atomic E-state index is 0.0833. The molecule has 4 rings (SSSR count). The topological polar surface area (TPSA) is 57.7 Å². The van der Waals surface area contributed by atoms with Crippen LogP contribution in [-0.2, 0) is 9.84 Å². The van der Waals surface area contributed by atoms with Crippen LogP contribution in [0, 0.1) is 5.82 Å².